The Kier molecular flexibility index (Phi) is 8.12. The first kappa shape index (κ1) is 29.1. The molecule has 5 rings (SSSR count). The first-order chi connectivity index (χ1) is 19.8. The van der Waals surface area contributed by atoms with Crippen molar-refractivity contribution in [3.8, 4) is 0 Å². The van der Waals surface area contributed by atoms with Crippen molar-refractivity contribution < 1.29 is 24.2 Å². The maximum atomic E-state index is 14.4. The fourth-order valence-electron chi connectivity index (χ4n) is 7.59. The van der Waals surface area contributed by atoms with Crippen LogP contribution in [0.5, 0.6) is 0 Å². The van der Waals surface area contributed by atoms with E-state index in [0.29, 0.717) is 31.4 Å². The lowest BCUT2D eigenvalue weighted by molar-refractivity contribution is -0.149. The van der Waals surface area contributed by atoms with Crippen LogP contribution in [0, 0.1) is 11.8 Å². The van der Waals surface area contributed by atoms with Crippen molar-refractivity contribution in [3.05, 3.63) is 60.2 Å². The van der Waals surface area contributed by atoms with Crippen LogP contribution in [-0.4, -0.2) is 77.8 Å². The molecule has 41 heavy (non-hydrogen) atoms. The average molecular weight is 563 g/mol. The smallest absolute Gasteiger partial charge is 0.250 e. The van der Waals surface area contributed by atoms with Gasteiger partial charge in [0, 0.05) is 31.5 Å². The van der Waals surface area contributed by atoms with E-state index in [9.17, 15) is 19.5 Å². The van der Waals surface area contributed by atoms with Crippen LogP contribution < -0.4 is 15.5 Å². The van der Waals surface area contributed by atoms with Crippen LogP contribution in [0.25, 0.3) is 0 Å². The molecular formula is C32H42N4O5. The number of hydrogen-bond donors (Lipinski definition) is 3. The molecule has 9 nitrogen and oxygen atoms in total. The van der Waals surface area contributed by atoms with E-state index >= 15 is 0 Å². The van der Waals surface area contributed by atoms with Gasteiger partial charge in [-0.2, -0.15) is 0 Å². The summed E-state index contributed by atoms with van der Waals surface area (Å²) in [5.41, 5.74) is 0.661. The molecule has 0 radical (unpaired) electrons. The van der Waals surface area contributed by atoms with E-state index in [-0.39, 0.29) is 24.3 Å². The Bertz CT molecular complexity index is 1270. The molecule has 1 spiro atoms. The second-order valence-corrected chi connectivity index (χ2v) is 11.4. The highest BCUT2D eigenvalue weighted by atomic mass is 16.5. The summed E-state index contributed by atoms with van der Waals surface area (Å²) in [5.74, 6) is -2.43. The van der Waals surface area contributed by atoms with Crippen molar-refractivity contribution in [1.82, 2.24) is 10.2 Å². The topological polar surface area (TPSA) is 111 Å². The summed E-state index contributed by atoms with van der Waals surface area (Å²) in [5, 5.41) is 16.4. The summed E-state index contributed by atoms with van der Waals surface area (Å²) < 4.78 is 6.78. The first-order valence-corrected chi connectivity index (χ1v) is 14.8. The molecular weight excluding hydrogens is 520 g/mol. The van der Waals surface area contributed by atoms with Gasteiger partial charge < -0.3 is 30.3 Å². The van der Waals surface area contributed by atoms with Gasteiger partial charge >= 0.3 is 0 Å². The minimum Gasteiger partial charge on any atom is -0.394 e. The lowest BCUT2D eigenvalue weighted by Gasteiger charge is -2.37. The molecule has 3 fully saturated rings. The third-order valence-electron chi connectivity index (χ3n) is 9.58. The fourth-order valence-corrected chi connectivity index (χ4v) is 7.59. The van der Waals surface area contributed by atoms with Gasteiger partial charge in [0.1, 0.15) is 11.6 Å². The van der Waals surface area contributed by atoms with E-state index in [2.05, 4.69) is 29.4 Å². The van der Waals surface area contributed by atoms with Crippen LogP contribution in [0.1, 0.15) is 45.6 Å². The number of hydrogen-bond acceptors (Lipinski definition) is 6. The largest absolute Gasteiger partial charge is 0.394 e. The van der Waals surface area contributed by atoms with Crippen molar-refractivity contribution in [2.24, 2.45) is 11.8 Å². The van der Waals surface area contributed by atoms with Gasteiger partial charge in [-0.05, 0) is 69.4 Å². The number of carbonyl (C=O) groups is 3. The molecule has 2 unspecified atom stereocenters. The summed E-state index contributed by atoms with van der Waals surface area (Å²) >= 11 is 0. The van der Waals surface area contributed by atoms with Gasteiger partial charge in [-0.1, -0.05) is 37.3 Å². The number of ether oxygens (including phenoxy) is 1. The Morgan fingerprint density at radius 3 is 2.32 bits per heavy atom. The van der Waals surface area contributed by atoms with Crippen LogP contribution >= 0.6 is 0 Å². The van der Waals surface area contributed by atoms with Crippen LogP contribution in [0.2, 0.25) is 0 Å². The molecule has 9 heteroatoms. The molecule has 0 saturated carbocycles. The summed E-state index contributed by atoms with van der Waals surface area (Å²) in [6.07, 6.45) is 2.01. The number of fused-ring (bicyclic) bond motifs is 1. The minimum absolute atomic E-state index is 0.247. The fraction of sp³-hybridized carbons (Fsp3) is 0.531. The van der Waals surface area contributed by atoms with E-state index in [1.165, 1.54) is 4.90 Å². The van der Waals surface area contributed by atoms with Crippen LogP contribution in [0.4, 0.5) is 11.4 Å². The Hall–Kier alpha value is -3.43. The molecule has 2 aromatic carbocycles. The van der Waals surface area contributed by atoms with Crippen molar-refractivity contribution in [2.45, 2.75) is 69.7 Å². The van der Waals surface area contributed by atoms with Gasteiger partial charge in [-0.25, -0.2) is 0 Å². The molecule has 2 bridgehead atoms. The van der Waals surface area contributed by atoms with E-state index in [1.54, 1.807) is 7.05 Å². The molecule has 0 aliphatic carbocycles. The highest BCUT2D eigenvalue weighted by Crippen LogP contribution is 2.64. The lowest BCUT2D eigenvalue weighted by atomic mass is 9.65. The van der Waals surface area contributed by atoms with E-state index < -0.39 is 35.1 Å². The van der Waals surface area contributed by atoms with Gasteiger partial charge in [-0.3, -0.25) is 14.4 Å². The van der Waals surface area contributed by atoms with Crippen LogP contribution in [-0.2, 0) is 25.5 Å². The van der Waals surface area contributed by atoms with Crippen molar-refractivity contribution in [1.29, 1.82) is 0 Å². The SMILES string of the molecule is CCN(CC)c1ccc(NC(=O)C2N([C@@H](CO)Cc3ccccc3)C(=O)[C@@H]3[C@@H](C(=O)NC)[C@@]4(CC)CCC23O4)cc1. The van der Waals surface area contributed by atoms with Gasteiger partial charge in [0.25, 0.3) is 0 Å². The lowest BCUT2D eigenvalue weighted by Crippen LogP contribution is -2.57. The number of likely N-dealkylation sites (tertiary alicyclic amines) is 1. The summed E-state index contributed by atoms with van der Waals surface area (Å²) in [6, 6.07) is 15.6. The molecule has 3 N–H and O–H groups in total. The predicted molar refractivity (Wildman–Crippen MR) is 157 cm³/mol. The zero-order chi connectivity index (χ0) is 29.4. The maximum absolute atomic E-state index is 14.4. The van der Waals surface area contributed by atoms with Gasteiger partial charge in [0.15, 0.2) is 0 Å². The minimum atomic E-state index is -1.15. The number of rotatable bonds is 11. The standard InChI is InChI=1S/C32H42N4O5/c1-5-31-17-18-32(41-31)26(25(31)28(38)33-4)30(40)36(24(20-37)19-21-11-9-8-10-12-21)27(32)29(39)34-22-13-15-23(16-14-22)35(6-2)7-3/h8-16,24-27,37H,5-7,17-20H2,1-4H3,(H,33,38)(H,34,39)/t24-,25+,26+,27?,31-,32?/m1/s1. The number of amides is 3. The molecule has 3 saturated heterocycles. The molecule has 6 atom stereocenters. The maximum Gasteiger partial charge on any atom is 0.250 e. The van der Waals surface area contributed by atoms with Crippen LogP contribution in [0.3, 0.4) is 0 Å². The second kappa shape index (κ2) is 11.4. The van der Waals surface area contributed by atoms with Gasteiger partial charge in [-0.15, -0.1) is 0 Å². The Balaban J connectivity index is 1.53. The number of aliphatic hydroxyl groups excluding tert-OH is 1. The second-order valence-electron chi connectivity index (χ2n) is 11.4. The van der Waals surface area contributed by atoms with E-state index in [4.69, 9.17) is 4.74 Å². The van der Waals surface area contributed by atoms with Crippen LogP contribution in [0.15, 0.2) is 54.6 Å². The molecule has 3 aliphatic rings. The average Bonchev–Trinajstić information content (AvgIpc) is 3.61. The first-order valence-electron chi connectivity index (χ1n) is 14.8. The van der Waals surface area contributed by atoms with Gasteiger partial charge in [0.2, 0.25) is 17.7 Å². The van der Waals surface area contributed by atoms with Crippen molar-refractivity contribution in [3.63, 3.8) is 0 Å². The summed E-state index contributed by atoms with van der Waals surface area (Å²) in [6.45, 7) is 7.58. The highest BCUT2D eigenvalue weighted by Gasteiger charge is 2.79. The molecule has 2 aromatic rings. The Morgan fingerprint density at radius 1 is 1.05 bits per heavy atom. The Morgan fingerprint density at radius 2 is 1.73 bits per heavy atom. The molecule has 3 amide bonds. The number of anilines is 2. The Labute approximate surface area is 242 Å². The van der Waals surface area contributed by atoms with Gasteiger partial charge in [0.05, 0.1) is 30.1 Å². The predicted octanol–water partition coefficient (Wildman–Crippen LogP) is 2.98. The van der Waals surface area contributed by atoms with E-state index in [0.717, 1.165) is 24.3 Å². The molecule has 0 aromatic heterocycles. The highest BCUT2D eigenvalue weighted by molar-refractivity contribution is 6.04. The number of aliphatic hydroxyl groups is 1. The molecule has 220 valence electrons. The molecule has 3 aliphatic heterocycles. The summed E-state index contributed by atoms with van der Waals surface area (Å²) in [4.78, 5) is 45.7. The van der Waals surface area contributed by atoms with E-state index in [1.807, 2.05) is 61.5 Å². The number of carbonyl (C=O) groups excluding carboxylic acids is 3. The third kappa shape index (κ3) is 4.69. The number of benzene rings is 2. The van der Waals surface area contributed by atoms with Crippen molar-refractivity contribution >= 4 is 29.1 Å². The number of nitrogens with one attached hydrogen (secondary N) is 2. The monoisotopic (exact) mass is 562 g/mol. The quantitative estimate of drug-likeness (QED) is 0.388. The third-order valence-corrected chi connectivity index (χ3v) is 9.58. The molecule has 3 heterocycles. The zero-order valence-electron chi connectivity index (χ0n) is 24.4. The number of nitrogens with zero attached hydrogens (tertiary/aromatic N) is 2. The van der Waals surface area contributed by atoms with Crippen molar-refractivity contribution in [2.75, 3.05) is 37.0 Å². The normalized spacial score (nSPS) is 28.9. The zero-order valence-corrected chi connectivity index (χ0v) is 24.4. The summed E-state index contributed by atoms with van der Waals surface area (Å²) in [7, 11) is 1.57.